The van der Waals surface area contributed by atoms with Gasteiger partial charge in [0, 0.05) is 29.4 Å². The number of rotatable bonds is 6. The molecule has 18 heavy (non-hydrogen) atoms. The van der Waals surface area contributed by atoms with Gasteiger partial charge in [0.15, 0.2) is 0 Å². The molecule has 0 heterocycles. The second-order valence-corrected chi connectivity index (χ2v) is 4.68. The topological polar surface area (TPSA) is 66.4 Å². The van der Waals surface area contributed by atoms with Gasteiger partial charge in [0.2, 0.25) is 5.91 Å². The Morgan fingerprint density at radius 1 is 1.33 bits per heavy atom. The fourth-order valence-corrected chi connectivity index (χ4v) is 1.77. The molecular formula is C12H13BrFNO3. The van der Waals surface area contributed by atoms with E-state index in [9.17, 15) is 14.0 Å². The van der Waals surface area contributed by atoms with Gasteiger partial charge in [0.25, 0.3) is 0 Å². The first-order valence-corrected chi connectivity index (χ1v) is 6.21. The Morgan fingerprint density at radius 3 is 2.72 bits per heavy atom. The van der Waals surface area contributed by atoms with E-state index in [0.29, 0.717) is 5.56 Å². The van der Waals surface area contributed by atoms with E-state index in [1.54, 1.807) is 12.1 Å². The van der Waals surface area contributed by atoms with Gasteiger partial charge in [0.05, 0.1) is 0 Å². The second kappa shape index (κ2) is 7.10. The summed E-state index contributed by atoms with van der Waals surface area (Å²) < 4.78 is 14.1. The first-order valence-electron chi connectivity index (χ1n) is 5.41. The monoisotopic (exact) mass is 317 g/mol. The Morgan fingerprint density at radius 2 is 2.06 bits per heavy atom. The lowest BCUT2D eigenvalue weighted by molar-refractivity contribution is -0.137. The number of aliphatic carboxylic acids is 1. The molecule has 0 saturated heterocycles. The molecule has 0 saturated carbocycles. The summed E-state index contributed by atoms with van der Waals surface area (Å²) in [7, 11) is 0. The van der Waals surface area contributed by atoms with Crippen molar-refractivity contribution in [3.05, 3.63) is 34.1 Å². The summed E-state index contributed by atoms with van der Waals surface area (Å²) in [6, 6.07) is 4.48. The molecule has 98 valence electrons. The fraction of sp³-hybridized carbons (Fsp3) is 0.333. The molecule has 0 unspecified atom stereocenters. The SMILES string of the molecule is O=C(O)CCCC(=O)NCc1cc(Br)ccc1F. The summed E-state index contributed by atoms with van der Waals surface area (Å²) in [6.45, 7) is 0.0944. The minimum Gasteiger partial charge on any atom is -0.481 e. The summed E-state index contributed by atoms with van der Waals surface area (Å²) in [5.41, 5.74) is 0.385. The van der Waals surface area contributed by atoms with Gasteiger partial charge in [-0.1, -0.05) is 15.9 Å². The molecule has 0 aromatic heterocycles. The number of carbonyl (C=O) groups excluding carboxylic acids is 1. The largest absolute Gasteiger partial charge is 0.481 e. The maximum atomic E-state index is 13.3. The Kier molecular flexibility index (Phi) is 5.77. The molecule has 0 aliphatic heterocycles. The van der Waals surface area contributed by atoms with Crippen LogP contribution in [0, 0.1) is 5.82 Å². The summed E-state index contributed by atoms with van der Waals surface area (Å²) in [5.74, 6) is -1.60. The Balaban J connectivity index is 2.38. The average Bonchev–Trinajstić information content (AvgIpc) is 2.30. The number of halogens is 2. The Bertz CT molecular complexity index is 451. The molecule has 1 aromatic rings. The van der Waals surface area contributed by atoms with Gasteiger partial charge in [-0.2, -0.15) is 0 Å². The highest BCUT2D eigenvalue weighted by Gasteiger charge is 2.06. The van der Waals surface area contributed by atoms with Crippen molar-refractivity contribution in [3.8, 4) is 0 Å². The molecule has 0 aliphatic carbocycles. The quantitative estimate of drug-likeness (QED) is 0.847. The van der Waals surface area contributed by atoms with E-state index < -0.39 is 5.97 Å². The van der Waals surface area contributed by atoms with Crippen LogP contribution in [0.2, 0.25) is 0 Å². The fourth-order valence-electron chi connectivity index (χ4n) is 1.36. The van der Waals surface area contributed by atoms with E-state index in [1.807, 2.05) is 0 Å². The zero-order valence-electron chi connectivity index (χ0n) is 9.58. The van der Waals surface area contributed by atoms with Crippen molar-refractivity contribution in [2.24, 2.45) is 0 Å². The van der Waals surface area contributed by atoms with Crippen molar-refractivity contribution >= 4 is 27.8 Å². The van der Waals surface area contributed by atoms with Gasteiger partial charge in [-0.25, -0.2) is 4.39 Å². The normalized spacial score (nSPS) is 10.1. The number of nitrogens with one attached hydrogen (secondary N) is 1. The highest BCUT2D eigenvalue weighted by atomic mass is 79.9. The molecule has 0 atom stereocenters. The third-order valence-electron chi connectivity index (χ3n) is 2.28. The predicted molar refractivity (Wildman–Crippen MR) is 67.4 cm³/mol. The van der Waals surface area contributed by atoms with Crippen molar-refractivity contribution in [1.82, 2.24) is 5.32 Å². The van der Waals surface area contributed by atoms with Crippen LogP contribution in [-0.4, -0.2) is 17.0 Å². The van der Waals surface area contributed by atoms with Crippen LogP contribution in [0.5, 0.6) is 0 Å². The Hall–Kier alpha value is -1.43. The van der Waals surface area contributed by atoms with Gasteiger partial charge < -0.3 is 10.4 Å². The van der Waals surface area contributed by atoms with Crippen LogP contribution in [0.3, 0.4) is 0 Å². The second-order valence-electron chi connectivity index (χ2n) is 3.76. The first kappa shape index (κ1) is 14.6. The highest BCUT2D eigenvalue weighted by Crippen LogP contribution is 2.15. The van der Waals surface area contributed by atoms with Crippen molar-refractivity contribution in [2.75, 3.05) is 0 Å². The van der Waals surface area contributed by atoms with Crippen LogP contribution in [0.4, 0.5) is 4.39 Å². The lowest BCUT2D eigenvalue weighted by atomic mass is 10.2. The van der Waals surface area contributed by atoms with Crippen LogP contribution in [-0.2, 0) is 16.1 Å². The third kappa shape index (κ3) is 5.27. The molecule has 0 aliphatic rings. The molecule has 0 bridgehead atoms. The standard InChI is InChI=1S/C12H13BrFNO3/c13-9-4-5-10(14)8(6-9)7-15-11(16)2-1-3-12(17)18/h4-6H,1-3,7H2,(H,15,16)(H,17,18). The van der Waals surface area contributed by atoms with Crippen LogP contribution >= 0.6 is 15.9 Å². The van der Waals surface area contributed by atoms with Gasteiger partial charge in [0.1, 0.15) is 5.82 Å². The van der Waals surface area contributed by atoms with Gasteiger partial charge in [-0.15, -0.1) is 0 Å². The number of carboxylic acid groups (broad SMARTS) is 1. The molecule has 2 N–H and O–H groups in total. The van der Waals surface area contributed by atoms with Gasteiger partial charge in [-0.3, -0.25) is 9.59 Å². The number of carbonyl (C=O) groups is 2. The van der Waals surface area contributed by atoms with E-state index in [1.165, 1.54) is 6.07 Å². The molecule has 1 rings (SSSR count). The maximum absolute atomic E-state index is 13.3. The average molecular weight is 318 g/mol. The molecule has 1 aromatic carbocycles. The van der Waals surface area contributed by atoms with Crippen molar-refractivity contribution < 1.29 is 19.1 Å². The number of amides is 1. The van der Waals surface area contributed by atoms with E-state index >= 15 is 0 Å². The Labute approximate surface area is 112 Å². The summed E-state index contributed by atoms with van der Waals surface area (Å²) in [5, 5.41) is 11.0. The van der Waals surface area contributed by atoms with E-state index in [2.05, 4.69) is 21.2 Å². The lowest BCUT2D eigenvalue weighted by Crippen LogP contribution is -2.23. The summed E-state index contributed by atoms with van der Waals surface area (Å²) >= 11 is 3.22. The molecular weight excluding hydrogens is 305 g/mol. The van der Waals surface area contributed by atoms with Gasteiger partial charge in [-0.05, 0) is 24.6 Å². The smallest absolute Gasteiger partial charge is 0.303 e. The molecule has 4 nitrogen and oxygen atoms in total. The lowest BCUT2D eigenvalue weighted by Gasteiger charge is -2.06. The minimum atomic E-state index is -0.930. The van der Waals surface area contributed by atoms with Crippen LogP contribution < -0.4 is 5.32 Å². The van der Waals surface area contributed by atoms with Crippen LogP contribution in [0.15, 0.2) is 22.7 Å². The summed E-state index contributed by atoms with van der Waals surface area (Å²) in [6.07, 6.45) is 0.364. The van der Waals surface area contributed by atoms with Gasteiger partial charge >= 0.3 is 5.97 Å². The first-order chi connectivity index (χ1) is 8.49. The third-order valence-corrected chi connectivity index (χ3v) is 2.77. The zero-order chi connectivity index (χ0) is 13.5. The molecule has 0 spiro atoms. The van der Waals surface area contributed by atoms with Crippen molar-refractivity contribution in [3.63, 3.8) is 0 Å². The van der Waals surface area contributed by atoms with Crippen LogP contribution in [0.25, 0.3) is 0 Å². The number of carboxylic acids is 1. The number of benzene rings is 1. The highest BCUT2D eigenvalue weighted by molar-refractivity contribution is 9.10. The number of hydrogen-bond donors (Lipinski definition) is 2. The maximum Gasteiger partial charge on any atom is 0.303 e. The molecule has 6 heteroatoms. The van der Waals surface area contributed by atoms with Crippen LogP contribution in [0.1, 0.15) is 24.8 Å². The van der Waals surface area contributed by atoms with E-state index in [-0.39, 0.29) is 37.5 Å². The minimum absolute atomic E-state index is 0.0430. The van der Waals surface area contributed by atoms with E-state index in [4.69, 9.17) is 5.11 Å². The summed E-state index contributed by atoms with van der Waals surface area (Å²) in [4.78, 5) is 21.6. The molecule has 1 amide bonds. The predicted octanol–water partition coefficient (Wildman–Crippen LogP) is 2.46. The molecule has 0 fully saturated rings. The number of hydrogen-bond acceptors (Lipinski definition) is 2. The van der Waals surface area contributed by atoms with Crippen molar-refractivity contribution in [2.45, 2.75) is 25.8 Å². The zero-order valence-corrected chi connectivity index (χ0v) is 11.2. The van der Waals surface area contributed by atoms with Crippen molar-refractivity contribution in [1.29, 1.82) is 0 Å². The van der Waals surface area contributed by atoms with E-state index in [0.717, 1.165) is 4.47 Å². The molecule has 0 radical (unpaired) electrons.